The Labute approximate surface area is 117 Å². The van der Waals surface area contributed by atoms with Crippen LogP contribution in [0, 0.1) is 0 Å². The van der Waals surface area contributed by atoms with Gasteiger partial charge in [-0.25, -0.2) is 0 Å². The minimum atomic E-state index is -0.272. The summed E-state index contributed by atoms with van der Waals surface area (Å²) in [5, 5.41) is 11.0. The topological polar surface area (TPSA) is 67.3 Å². The second kappa shape index (κ2) is 6.79. The van der Waals surface area contributed by atoms with E-state index in [9.17, 15) is 4.79 Å². The molecule has 1 aromatic rings. The molecule has 7 heteroatoms. The first-order chi connectivity index (χ1) is 9.20. The summed E-state index contributed by atoms with van der Waals surface area (Å²) >= 11 is 5.70. The molecule has 2 rings (SSSR count). The fourth-order valence-corrected chi connectivity index (χ4v) is 2.10. The van der Waals surface area contributed by atoms with Gasteiger partial charge in [-0.3, -0.25) is 9.69 Å². The molecular weight excluding hydrogens is 268 g/mol. The number of nitrogens with one attached hydrogen (secondary N) is 1. The van der Waals surface area contributed by atoms with Crippen LogP contribution in [0.25, 0.3) is 0 Å². The van der Waals surface area contributed by atoms with Crippen molar-refractivity contribution < 1.29 is 9.53 Å². The number of carbonyl (C=O) groups excluding carboxylic acids is 1. The average Bonchev–Trinajstić information content (AvgIpc) is 2.42. The van der Waals surface area contributed by atoms with Crippen LogP contribution in [0.5, 0.6) is 0 Å². The Bertz CT molecular complexity index is 426. The maximum absolute atomic E-state index is 12.0. The van der Waals surface area contributed by atoms with Gasteiger partial charge in [0.05, 0.1) is 18.9 Å². The Morgan fingerprint density at radius 3 is 3.11 bits per heavy atom. The highest BCUT2D eigenvalue weighted by atomic mass is 35.5. The molecule has 1 amide bonds. The van der Waals surface area contributed by atoms with Gasteiger partial charge in [-0.1, -0.05) is 11.6 Å². The van der Waals surface area contributed by atoms with Crippen LogP contribution < -0.4 is 5.32 Å². The van der Waals surface area contributed by atoms with Crippen molar-refractivity contribution in [2.75, 3.05) is 26.3 Å². The molecule has 104 valence electrons. The number of ether oxygens (including phenoxy) is 1. The normalized spacial score (nSPS) is 20.2. The van der Waals surface area contributed by atoms with Crippen molar-refractivity contribution in [3.8, 4) is 0 Å². The molecule has 1 unspecified atom stereocenters. The Morgan fingerprint density at radius 1 is 1.58 bits per heavy atom. The van der Waals surface area contributed by atoms with E-state index in [0.29, 0.717) is 38.0 Å². The second-order valence-electron chi connectivity index (χ2n) is 4.30. The van der Waals surface area contributed by atoms with Crippen LogP contribution in [0.4, 0.5) is 0 Å². The zero-order chi connectivity index (χ0) is 13.7. The SMILES string of the molecule is CCNC(=O)C1COCCN1Cc1ccc(Cl)nn1. The number of morpholine rings is 1. The van der Waals surface area contributed by atoms with Crippen molar-refractivity contribution in [1.29, 1.82) is 0 Å². The highest BCUT2D eigenvalue weighted by molar-refractivity contribution is 6.29. The lowest BCUT2D eigenvalue weighted by Gasteiger charge is -2.34. The minimum Gasteiger partial charge on any atom is -0.378 e. The lowest BCUT2D eigenvalue weighted by atomic mass is 10.2. The quantitative estimate of drug-likeness (QED) is 0.870. The van der Waals surface area contributed by atoms with E-state index < -0.39 is 0 Å². The molecular formula is C12H17ClN4O2. The molecule has 0 spiro atoms. The summed E-state index contributed by atoms with van der Waals surface area (Å²) in [6.45, 7) is 4.81. The van der Waals surface area contributed by atoms with Gasteiger partial charge in [-0.05, 0) is 19.1 Å². The molecule has 0 bridgehead atoms. The van der Waals surface area contributed by atoms with Crippen molar-refractivity contribution in [3.05, 3.63) is 23.0 Å². The number of halogens is 1. The van der Waals surface area contributed by atoms with Crippen LogP contribution in [-0.2, 0) is 16.1 Å². The van der Waals surface area contributed by atoms with Crippen LogP contribution in [0.15, 0.2) is 12.1 Å². The predicted octanol–water partition coefficient (Wildman–Crippen LogP) is 0.467. The van der Waals surface area contributed by atoms with Crippen molar-refractivity contribution in [2.24, 2.45) is 0 Å². The molecule has 2 heterocycles. The van der Waals surface area contributed by atoms with Crippen molar-refractivity contribution in [1.82, 2.24) is 20.4 Å². The van der Waals surface area contributed by atoms with Crippen LogP contribution in [0.3, 0.4) is 0 Å². The number of carbonyl (C=O) groups is 1. The van der Waals surface area contributed by atoms with E-state index in [1.165, 1.54) is 0 Å². The molecule has 1 saturated heterocycles. The van der Waals surface area contributed by atoms with Gasteiger partial charge >= 0.3 is 0 Å². The smallest absolute Gasteiger partial charge is 0.239 e. The zero-order valence-electron chi connectivity index (χ0n) is 10.8. The van der Waals surface area contributed by atoms with Gasteiger partial charge in [0.15, 0.2) is 5.15 Å². The van der Waals surface area contributed by atoms with Crippen LogP contribution in [-0.4, -0.2) is 53.3 Å². The van der Waals surface area contributed by atoms with Crippen LogP contribution in [0.1, 0.15) is 12.6 Å². The van der Waals surface area contributed by atoms with E-state index in [0.717, 1.165) is 5.69 Å². The maximum atomic E-state index is 12.0. The maximum Gasteiger partial charge on any atom is 0.239 e. The molecule has 1 aliphatic rings. The third-order valence-electron chi connectivity index (χ3n) is 2.95. The van der Waals surface area contributed by atoms with E-state index >= 15 is 0 Å². The molecule has 1 atom stereocenters. The van der Waals surface area contributed by atoms with Crippen LogP contribution >= 0.6 is 11.6 Å². The van der Waals surface area contributed by atoms with Gasteiger partial charge in [0, 0.05) is 19.6 Å². The largest absolute Gasteiger partial charge is 0.378 e. The van der Waals surface area contributed by atoms with E-state index in [1.54, 1.807) is 6.07 Å². The highest BCUT2D eigenvalue weighted by Crippen LogP contribution is 2.12. The lowest BCUT2D eigenvalue weighted by Crippen LogP contribution is -2.53. The number of amides is 1. The summed E-state index contributed by atoms with van der Waals surface area (Å²) in [5.74, 6) is -0.0101. The standard InChI is InChI=1S/C12H17ClN4O2/c1-2-14-12(18)10-8-19-6-5-17(10)7-9-3-4-11(13)16-15-9/h3-4,10H,2,5-8H2,1H3,(H,14,18). The number of nitrogens with zero attached hydrogens (tertiary/aromatic N) is 3. The molecule has 0 aromatic carbocycles. The first-order valence-corrected chi connectivity index (χ1v) is 6.66. The van der Waals surface area contributed by atoms with E-state index in [2.05, 4.69) is 15.5 Å². The number of hydrogen-bond donors (Lipinski definition) is 1. The third-order valence-corrected chi connectivity index (χ3v) is 3.15. The number of likely N-dealkylation sites (N-methyl/N-ethyl adjacent to an activating group) is 1. The van der Waals surface area contributed by atoms with Crippen molar-refractivity contribution in [2.45, 2.75) is 19.5 Å². The fraction of sp³-hybridized carbons (Fsp3) is 0.583. The highest BCUT2D eigenvalue weighted by Gasteiger charge is 2.29. The van der Waals surface area contributed by atoms with E-state index in [-0.39, 0.29) is 11.9 Å². The summed E-state index contributed by atoms with van der Waals surface area (Å²) in [5.41, 5.74) is 0.792. The summed E-state index contributed by atoms with van der Waals surface area (Å²) in [4.78, 5) is 14.0. The Morgan fingerprint density at radius 2 is 2.42 bits per heavy atom. The second-order valence-corrected chi connectivity index (χ2v) is 4.69. The number of aromatic nitrogens is 2. The molecule has 19 heavy (non-hydrogen) atoms. The summed E-state index contributed by atoms with van der Waals surface area (Å²) < 4.78 is 5.38. The Balaban J connectivity index is 2.03. The first kappa shape index (κ1) is 14.2. The fourth-order valence-electron chi connectivity index (χ4n) is 2.00. The van der Waals surface area contributed by atoms with E-state index in [1.807, 2.05) is 17.9 Å². The number of hydrogen-bond acceptors (Lipinski definition) is 5. The van der Waals surface area contributed by atoms with E-state index in [4.69, 9.17) is 16.3 Å². The van der Waals surface area contributed by atoms with Crippen molar-refractivity contribution >= 4 is 17.5 Å². The monoisotopic (exact) mass is 284 g/mol. The summed E-state index contributed by atoms with van der Waals surface area (Å²) in [7, 11) is 0. The number of rotatable bonds is 4. The average molecular weight is 285 g/mol. The van der Waals surface area contributed by atoms with Gasteiger partial charge in [0.25, 0.3) is 0 Å². The van der Waals surface area contributed by atoms with Gasteiger partial charge < -0.3 is 10.1 Å². The molecule has 1 fully saturated rings. The molecule has 1 aliphatic heterocycles. The van der Waals surface area contributed by atoms with Gasteiger partial charge in [-0.2, -0.15) is 5.10 Å². The lowest BCUT2D eigenvalue weighted by molar-refractivity contribution is -0.132. The van der Waals surface area contributed by atoms with Crippen LogP contribution in [0.2, 0.25) is 5.15 Å². The minimum absolute atomic E-state index is 0.0101. The van der Waals surface area contributed by atoms with Gasteiger partial charge in [0.1, 0.15) is 6.04 Å². The summed E-state index contributed by atoms with van der Waals surface area (Å²) in [6, 6.07) is 3.25. The van der Waals surface area contributed by atoms with Gasteiger partial charge in [-0.15, -0.1) is 5.10 Å². The Hall–Kier alpha value is -1.24. The third kappa shape index (κ3) is 3.86. The molecule has 1 aromatic heterocycles. The molecule has 1 N–H and O–H groups in total. The molecule has 0 aliphatic carbocycles. The molecule has 0 radical (unpaired) electrons. The van der Waals surface area contributed by atoms with Gasteiger partial charge in [0.2, 0.25) is 5.91 Å². The zero-order valence-corrected chi connectivity index (χ0v) is 11.6. The summed E-state index contributed by atoms with van der Waals surface area (Å²) in [6.07, 6.45) is 0. The predicted molar refractivity (Wildman–Crippen MR) is 70.7 cm³/mol. The first-order valence-electron chi connectivity index (χ1n) is 6.28. The molecule has 6 nitrogen and oxygen atoms in total. The Kier molecular flexibility index (Phi) is 5.07. The molecule has 0 saturated carbocycles. The van der Waals surface area contributed by atoms with Crippen molar-refractivity contribution in [3.63, 3.8) is 0 Å².